The SMILES string of the molecule is C[C@@H]1Cn2c(=[N-])/c(=C(\NCc3ccc(-c4ccccc4)cc3)S(=O)(=O)c3ccccc3)c(=O)n(C)c2=N1. The number of fused-ring (bicyclic) bond motifs is 1. The Morgan fingerprint density at radius 1 is 0.973 bits per heavy atom. The van der Waals surface area contributed by atoms with Crippen LogP contribution in [-0.4, -0.2) is 23.6 Å². The summed E-state index contributed by atoms with van der Waals surface area (Å²) < 4.78 is 30.3. The minimum absolute atomic E-state index is 0.0157. The van der Waals surface area contributed by atoms with Crippen molar-refractivity contribution in [3.63, 3.8) is 0 Å². The number of nitrogens with zero attached hydrogens (tertiary/aromatic N) is 4. The fraction of sp³-hybridized carbons (Fsp3) is 0.179. The lowest BCUT2D eigenvalue weighted by atomic mass is 10.0. The Morgan fingerprint density at radius 3 is 2.22 bits per heavy atom. The van der Waals surface area contributed by atoms with Crippen molar-refractivity contribution in [1.82, 2.24) is 14.5 Å². The van der Waals surface area contributed by atoms with Crippen LogP contribution in [0.15, 0.2) is 99.6 Å². The predicted octanol–water partition coefficient (Wildman–Crippen LogP) is 1.67. The van der Waals surface area contributed by atoms with Crippen LogP contribution < -0.4 is 27.2 Å². The van der Waals surface area contributed by atoms with E-state index in [0.717, 1.165) is 16.7 Å². The molecule has 0 aliphatic carbocycles. The van der Waals surface area contributed by atoms with Crippen LogP contribution in [0.3, 0.4) is 0 Å². The highest BCUT2D eigenvalue weighted by atomic mass is 32.2. The van der Waals surface area contributed by atoms with Crippen LogP contribution in [0.25, 0.3) is 21.6 Å². The average molecular weight is 513 g/mol. The summed E-state index contributed by atoms with van der Waals surface area (Å²) in [4.78, 5) is 17.8. The highest BCUT2D eigenvalue weighted by molar-refractivity contribution is 8.00. The van der Waals surface area contributed by atoms with E-state index in [2.05, 4.69) is 10.3 Å². The standard InChI is InChI=1S/C28H26N5O3S/c1-19-18-33-25(29)24(27(34)32(2)28(33)31-19)26(37(35,36)23-11-7-4-8-12-23)30-17-20-13-15-22(16-14-20)21-9-5-3-6-10-21/h3-16,19,30H,17-18H2,1-2H3/q-1/b26-24-/t19-/m1/s1. The van der Waals surface area contributed by atoms with Gasteiger partial charge in [0.2, 0.25) is 9.84 Å². The zero-order valence-electron chi connectivity index (χ0n) is 20.5. The minimum atomic E-state index is -4.18. The van der Waals surface area contributed by atoms with Crippen molar-refractivity contribution in [3.05, 3.63) is 123 Å². The summed E-state index contributed by atoms with van der Waals surface area (Å²) in [5.74, 6) is 0. The number of aromatic nitrogens is 2. The van der Waals surface area contributed by atoms with Crippen molar-refractivity contribution >= 4 is 14.9 Å². The van der Waals surface area contributed by atoms with Crippen LogP contribution >= 0.6 is 0 Å². The van der Waals surface area contributed by atoms with Gasteiger partial charge in [-0.3, -0.25) is 14.4 Å². The lowest BCUT2D eigenvalue weighted by molar-refractivity contribution is 0.594. The molecule has 1 aliphatic rings. The Balaban J connectivity index is 1.64. The van der Waals surface area contributed by atoms with Gasteiger partial charge >= 0.3 is 0 Å². The fourth-order valence-corrected chi connectivity index (χ4v) is 5.91. The van der Waals surface area contributed by atoms with E-state index >= 15 is 0 Å². The molecular weight excluding hydrogens is 486 g/mol. The van der Waals surface area contributed by atoms with Crippen LogP contribution in [0.5, 0.6) is 0 Å². The van der Waals surface area contributed by atoms with Crippen molar-refractivity contribution in [2.45, 2.75) is 31.0 Å². The Labute approximate surface area is 214 Å². The van der Waals surface area contributed by atoms with Gasteiger partial charge in [-0.05, 0) is 47.8 Å². The Morgan fingerprint density at radius 2 is 1.57 bits per heavy atom. The van der Waals surface area contributed by atoms with Crippen LogP contribution in [-0.2, 0) is 30.0 Å². The van der Waals surface area contributed by atoms with Gasteiger partial charge < -0.3 is 15.3 Å². The van der Waals surface area contributed by atoms with Gasteiger partial charge in [-0.25, -0.2) is 8.42 Å². The molecule has 0 fully saturated rings. The summed E-state index contributed by atoms with van der Waals surface area (Å²) in [6.07, 6.45) is 0. The molecule has 188 valence electrons. The summed E-state index contributed by atoms with van der Waals surface area (Å²) in [5, 5.41) is 13.5. The molecule has 0 radical (unpaired) electrons. The molecule has 8 nitrogen and oxygen atoms in total. The first-order valence-electron chi connectivity index (χ1n) is 11.9. The fourth-order valence-electron chi connectivity index (χ4n) is 4.45. The summed E-state index contributed by atoms with van der Waals surface area (Å²) in [6.45, 7) is 2.32. The lowest BCUT2D eigenvalue weighted by Crippen LogP contribution is -2.58. The van der Waals surface area contributed by atoms with E-state index in [-0.39, 0.29) is 27.7 Å². The summed E-state index contributed by atoms with van der Waals surface area (Å²) in [7, 11) is -2.66. The second-order valence-corrected chi connectivity index (χ2v) is 10.9. The molecule has 2 heterocycles. The molecule has 0 unspecified atom stereocenters. The number of hydrogen-bond acceptors (Lipinski definition) is 5. The first-order valence-corrected chi connectivity index (χ1v) is 13.4. The highest BCUT2D eigenvalue weighted by Crippen LogP contribution is 2.20. The Bertz CT molecular complexity index is 1810. The average Bonchev–Trinajstić information content (AvgIpc) is 3.32. The third-order valence-electron chi connectivity index (χ3n) is 6.39. The van der Waals surface area contributed by atoms with Crippen molar-refractivity contribution in [3.8, 4) is 11.1 Å². The number of hydrogen-bond donors (Lipinski definition) is 1. The normalized spacial score (nSPS) is 15.6. The molecule has 1 atom stereocenters. The van der Waals surface area contributed by atoms with Crippen molar-refractivity contribution in [1.29, 1.82) is 0 Å². The van der Waals surface area contributed by atoms with Gasteiger partial charge in [0.1, 0.15) is 10.6 Å². The van der Waals surface area contributed by atoms with Crippen LogP contribution in [0, 0.1) is 0 Å². The summed E-state index contributed by atoms with van der Waals surface area (Å²) in [6, 6.07) is 25.4. The second-order valence-electron chi connectivity index (χ2n) is 9.01. The van der Waals surface area contributed by atoms with E-state index in [1.165, 1.54) is 28.3 Å². The maximum Gasteiger partial charge on any atom is 0.261 e. The number of nitrogens with one attached hydrogen (secondary N) is 1. The molecule has 37 heavy (non-hydrogen) atoms. The van der Waals surface area contributed by atoms with Crippen molar-refractivity contribution in [2.75, 3.05) is 0 Å². The van der Waals surface area contributed by atoms with Gasteiger partial charge in [-0.2, -0.15) is 0 Å². The zero-order valence-corrected chi connectivity index (χ0v) is 21.3. The number of benzene rings is 3. The quantitative estimate of drug-likeness (QED) is 0.424. The van der Waals surface area contributed by atoms with E-state index in [1.54, 1.807) is 18.2 Å². The minimum Gasteiger partial charge on any atom is -0.464 e. The molecule has 0 bridgehead atoms. The largest absolute Gasteiger partial charge is 0.464 e. The molecular formula is C28H26N5O3S-. The van der Waals surface area contributed by atoms with Gasteiger partial charge in [0, 0.05) is 19.6 Å². The van der Waals surface area contributed by atoms with Crippen LogP contribution in [0.4, 0.5) is 0 Å². The topological polar surface area (TPSA) is 108 Å². The van der Waals surface area contributed by atoms with Crippen molar-refractivity contribution < 1.29 is 8.42 Å². The third-order valence-corrected chi connectivity index (χ3v) is 8.16. The van der Waals surface area contributed by atoms with Gasteiger partial charge in [0.15, 0.2) is 0 Å². The van der Waals surface area contributed by atoms with Crippen LogP contribution in [0.1, 0.15) is 12.5 Å². The van der Waals surface area contributed by atoms with Crippen molar-refractivity contribution in [2.24, 2.45) is 12.0 Å². The second kappa shape index (κ2) is 9.67. The Kier molecular flexibility index (Phi) is 6.39. The first-order chi connectivity index (χ1) is 17.8. The molecule has 3 aromatic carbocycles. The molecule has 1 aliphatic heterocycles. The van der Waals surface area contributed by atoms with E-state index in [1.807, 2.05) is 61.5 Å². The first kappa shape index (κ1) is 24.5. The lowest BCUT2D eigenvalue weighted by Gasteiger charge is -2.17. The maximum atomic E-state index is 13.8. The summed E-state index contributed by atoms with van der Waals surface area (Å²) >= 11 is 0. The third kappa shape index (κ3) is 4.53. The zero-order chi connectivity index (χ0) is 26.2. The van der Waals surface area contributed by atoms with Crippen LogP contribution in [0.2, 0.25) is 0 Å². The van der Waals surface area contributed by atoms with Gasteiger partial charge in [-0.1, -0.05) is 72.8 Å². The molecule has 1 aromatic heterocycles. The monoisotopic (exact) mass is 512 g/mol. The molecule has 4 aromatic rings. The molecule has 0 saturated heterocycles. The van der Waals surface area contributed by atoms with E-state index < -0.39 is 20.9 Å². The predicted molar refractivity (Wildman–Crippen MR) is 142 cm³/mol. The maximum absolute atomic E-state index is 13.8. The van der Waals surface area contributed by atoms with E-state index in [9.17, 15) is 18.6 Å². The number of rotatable bonds is 6. The van der Waals surface area contributed by atoms with Gasteiger partial charge in [-0.15, -0.1) is 0 Å². The van der Waals surface area contributed by atoms with E-state index in [4.69, 9.17) is 0 Å². The highest BCUT2D eigenvalue weighted by Gasteiger charge is 2.24. The molecule has 0 saturated carbocycles. The number of sulfone groups is 1. The molecule has 9 heteroatoms. The van der Waals surface area contributed by atoms with E-state index in [0.29, 0.717) is 12.2 Å². The molecule has 0 amide bonds. The summed E-state index contributed by atoms with van der Waals surface area (Å²) in [5.41, 5.74) is 2.14. The molecule has 5 rings (SSSR count). The van der Waals surface area contributed by atoms with Gasteiger partial charge in [0.25, 0.3) is 5.56 Å². The Hall–Kier alpha value is -4.24. The molecule has 0 spiro atoms. The smallest absolute Gasteiger partial charge is 0.261 e. The molecule has 1 N–H and O–H groups in total. The van der Waals surface area contributed by atoms with Gasteiger partial charge in [0.05, 0.1) is 10.1 Å².